The normalized spacial score (nSPS) is 15.1. The van der Waals surface area contributed by atoms with Crippen molar-refractivity contribution in [3.8, 4) is 5.75 Å². The molecule has 0 atom stereocenters. The maximum absolute atomic E-state index is 13.6. The number of benzene rings is 3. The largest absolute Gasteiger partial charge is 0.456 e. The van der Waals surface area contributed by atoms with Crippen molar-refractivity contribution in [2.45, 2.75) is 6.61 Å². The average molecular weight is 452 g/mol. The quantitative estimate of drug-likeness (QED) is 0.252. The summed E-state index contributed by atoms with van der Waals surface area (Å²) in [6.45, 7) is -2.88. The molecular formula is C24H19F2N2O3P. The van der Waals surface area contributed by atoms with E-state index in [1.807, 2.05) is 60.7 Å². The topological polar surface area (TPSA) is 59.9 Å². The van der Waals surface area contributed by atoms with Crippen LogP contribution in [-0.4, -0.2) is 12.8 Å². The minimum Gasteiger partial charge on any atom is -0.456 e. The number of halogens is 2. The Hall–Kier alpha value is -3.70. The highest BCUT2D eigenvalue weighted by Crippen LogP contribution is 2.53. The van der Waals surface area contributed by atoms with Crippen molar-refractivity contribution >= 4 is 25.0 Å². The number of rotatable bonds is 7. The van der Waals surface area contributed by atoms with E-state index < -0.39 is 13.9 Å². The van der Waals surface area contributed by atoms with Gasteiger partial charge < -0.3 is 9.47 Å². The van der Waals surface area contributed by atoms with Crippen LogP contribution in [0.3, 0.4) is 0 Å². The number of ether oxygens (including phenoxy) is 2. The summed E-state index contributed by atoms with van der Waals surface area (Å²) in [7, 11) is -3.24. The predicted octanol–water partition coefficient (Wildman–Crippen LogP) is 6.52. The first-order valence-electron chi connectivity index (χ1n) is 9.70. The molecule has 0 spiro atoms. The second-order valence-electron chi connectivity index (χ2n) is 6.84. The molecule has 5 nitrogen and oxygen atoms in total. The van der Waals surface area contributed by atoms with E-state index in [9.17, 15) is 13.3 Å². The van der Waals surface area contributed by atoms with Gasteiger partial charge in [0, 0.05) is 22.8 Å². The lowest BCUT2D eigenvalue weighted by molar-refractivity contribution is -0.0498. The molecule has 1 N–H and O–H groups in total. The smallest absolute Gasteiger partial charge is 0.387 e. The third-order valence-corrected chi connectivity index (χ3v) is 6.15. The summed E-state index contributed by atoms with van der Waals surface area (Å²) >= 11 is 0. The van der Waals surface area contributed by atoms with Gasteiger partial charge in [-0.3, -0.25) is 9.76 Å². The van der Waals surface area contributed by atoms with Crippen LogP contribution in [0.15, 0.2) is 102 Å². The molecule has 8 heteroatoms. The molecule has 0 fully saturated rings. The summed E-state index contributed by atoms with van der Waals surface area (Å²) in [4.78, 5) is 0. The monoisotopic (exact) mass is 452 g/mol. The van der Waals surface area contributed by atoms with Gasteiger partial charge in [-0.1, -0.05) is 60.7 Å². The molecule has 1 aliphatic rings. The molecule has 4 rings (SSSR count). The zero-order valence-electron chi connectivity index (χ0n) is 16.8. The Balaban J connectivity index is 1.58. The van der Waals surface area contributed by atoms with E-state index in [0.717, 1.165) is 11.1 Å². The van der Waals surface area contributed by atoms with Crippen molar-refractivity contribution in [3.63, 3.8) is 0 Å². The van der Waals surface area contributed by atoms with E-state index in [1.54, 1.807) is 12.1 Å². The molecule has 0 saturated carbocycles. The fourth-order valence-electron chi connectivity index (χ4n) is 3.02. The molecule has 0 amide bonds. The van der Waals surface area contributed by atoms with Crippen LogP contribution in [0.1, 0.15) is 16.7 Å². The summed E-state index contributed by atoms with van der Waals surface area (Å²) in [6, 6.07) is 24.7. The first-order valence-corrected chi connectivity index (χ1v) is 11.5. The Labute approximate surface area is 184 Å². The van der Waals surface area contributed by atoms with Gasteiger partial charge in [-0.15, -0.1) is 0 Å². The van der Waals surface area contributed by atoms with Gasteiger partial charge >= 0.3 is 6.61 Å². The molecule has 0 saturated heterocycles. The van der Waals surface area contributed by atoms with E-state index in [0.29, 0.717) is 17.1 Å². The molecular weight excluding hydrogens is 433 g/mol. The van der Waals surface area contributed by atoms with E-state index in [-0.39, 0.29) is 5.75 Å². The third kappa shape index (κ3) is 5.50. The Morgan fingerprint density at radius 1 is 0.844 bits per heavy atom. The van der Waals surface area contributed by atoms with Crippen molar-refractivity contribution in [1.82, 2.24) is 5.20 Å². The van der Waals surface area contributed by atoms with Crippen LogP contribution in [0.4, 0.5) is 8.78 Å². The van der Waals surface area contributed by atoms with Crippen LogP contribution in [0.2, 0.25) is 0 Å². The highest BCUT2D eigenvalue weighted by Gasteiger charge is 2.26. The summed E-state index contributed by atoms with van der Waals surface area (Å²) < 4.78 is 48.5. The minimum atomic E-state index is -3.24. The Morgan fingerprint density at radius 2 is 1.38 bits per heavy atom. The van der Waals surface area contributed by atoms with Gasteiger partial charge in [0.15, 0.2) is 0 Å². The average Bonchev–Trinajstić information content (AvgIpc) is 2.81. The second kappa shape index (κ2) is 9.62. The molecule has 0 unspecified atom stereocenters. The van der Waals surface area contributed by atoms with Crippen LogP contribution in [-0.2, 0) is 9.30 Å². The Bertz CT molecular complexity index is 1140. The van der Waals surface area contributed by atoms with E-state index in [4.69, 9.17) is 4.74 Å². The first kappa shape index (κ1) is 21.5. The number of hydrazone groups is 1. The highest BCUT2D eigenvalue weighted by atomic mass is 31.2. The van der Waals surface area contributed by atoms with Gasteiger partial charge in [0.25, 0.3) is 0 Å². The molecule has 0 aromatic heterocycles. The zero-order valence-corrected chi connectivity index (χ0v) is 17.7. The maximum Gasteiger partial charge on any atom is 0.387 e. The molecule has 0 bridgehead atoms. The minimum absolute atomic E-state index is 0.0493. The van der Waals surface area contributed by atoms with Crippen molar-refractivity contribution < 1.29 is 22.8 Å². The molecule has 3 aromatic carbocycles. The number of alkyl halides is 2. The van der Waals surface area contributed by atoms with Crippen LogP contribution in [0.25, 0.3) is 11.5 Å². The molecule has 32 heavy (non-hydrogen) atoms. The lowest BCUT2D eigenvalue weighted by Gasteiger charge is -2.22. The predicted molar refractivity (Wildman–Crippen MR) is 121 cm³/mol. The first-order chi connectivity index (χ1) is 15.5. The molecule has 162 valence electrons. The summed E-state index contributed by atoms with van der Waals surface area (Å²) in [6.07, 6.45) is 1.45. The molecule has 0 aliphatic carbocycles. The van der Waals surface area contributed by atoms with Crippen LogP contribution in [0.5, 0.6) is 5.75 Å². The zero-order chi connectivity index (χ0) is 22.4. The van der Waals surface area contributed by atoms with E-state index >= 15 is 0 Å². The van der Waals surface area contributed by atoms with E-state index in [1.165, 1.54) is 30.0 Å². The Kier molecular flexibility index (Phi) is 6.47. The van der Waals surface area contributed by atoms with Crippen molar-refractivity contribution in [1.29, 1.82) is 0 Å². The SMILES string of the molecule is O=P1(N/N=C/c2ccc(OC(F)F)cc2)C=C(c2ccccc2)OC(c2ccccc2)=C1. The third-order valence-electron chi connectivity index (χ3n) is 4.49. The second-order valence-corrected chi connectivity index (χ2v) is 8.97. The molecule has 0 radical (unpaired) electrons. The lowest BCUT2D eigenvalue weighted by atomic mass is 10.2. The van der Waals surface area contributed by atoms with Gasteiger partial charge in [-0.05, 0) is 29.8 Å². The number of hydrogen-bond acceptors (Lipinski definition) is 4. The van der Waals surface area contributed by atoms with Crippen molar-refractivity contribution in [2.75, 3.05) is 0 Å². The van der Waals surface area contributed by atoms with E-state index in [2.05, 4.69) is 15.0 Å². The number of hydrogen-bond donors (Lipinski definition) is 1. The summed E-state index contributed by atoms with van der Waals surface area (Å²) in [5.41, 5.74) is 2.20. The van der Waals surface area contributed by atoms with Gasteiger partial charge in [-0.25, -0.2) is 0 Å². The van der Waals surface area contributed by atoms with Crippen molar-refractivity contribution in [3.05, 3.63) is 113 Å². The Morgan fingerprint density at radius 3 is 1.88 bits per heavy atom. The summed E-state index contributed by atoms with van der Waals surface area (Å²) in [5, 5.41) is 6.85. The summed E-state index contributed by atoms with van der Waals surface area (Å²) in [5.74, 6) is 4.04. The van der Waals surface area contributed by atoms with Crippen LogP contribution < -0.4 is 9.93 Å². The fourth-order valence-corrected chi connectivity index (χ4v) is 4.54. The van der Waals surface area contributed by atoms with Gasteiger partial charge in [0.1, 0.15) is 17.3 Å². The lowest BCUT2D eigenvalue weighted by Crippen LogP contribution is -2.06. The standard InChI is InChI=1S/C24H19F2N2O3P/c25-24(26)30-21-13-11-18(12-14-21)15-27-28-32(29)16-22(19-7-3-1-4-8-19)31-23(17-32)20-9-5-2-6-10-20/h1-17,24H,(H,28,29)/b27-15+. The number of nitrogens with one attached hydrogen (secondary N) is 1. The molecule has 3 aromatic rings. The number of nitrogens with zero attached hydrogens (tertiary/aromatic N) is 1. The fraction of sp³-hybridized carbons (Fsp3) is 0.0417. The van der Waals surface area contributed by atoms with Gasteiger partial charge in [-0.2, -0.15) is 13.9 Å². The van der Waals surface area contributed by atoms with Crippen molar-refractivity contribution in [2.24, 2.45) is 5.10 Å². The van der Waals surface area contributed by atoms with Gasteiger partial charge in [0.2, 0.25) is 7.29 Å². The maximum atomic E-state index is 13.6. The van der Waals surface area contributed by atoms with Crippen LogP contribution in [0, 0.1) is 0 Å². The van der Waals surface area contributed by atoms with Gasteiger partial charge in [0.05, 0.1) is 6.21 Å². The molecule has 1 aliphatic heterocycles. The van der Waals surface area contributed by atoms with Crippen LogP contribution >= 0.6 is 7.29 Å². The molecule has 1 heterocycles. The highest BCUT2D eigenvalue weighted by molar-refractivity contribution is 7.68.